The molecule has 12 nitrogen and oxygen atoms in total. The lowest BCUT2D eigenvalue weighted by Gasteiger charge is -2.12. The number of fused-ring (bicyclic) bond motifs is 1. The van der Waals surface area contributed by atoms with Crippen LogP contribution in [0.5, 0.6) is 17.2 Å². The van der Waals surface area contributed by atoms with Crippen molar-refractivity contribution in [3.8, 4) is 28.7 Å². The Labute approximate surface area is 223 Å². The number of carbonyl (C=O) groups excluding carboxylic acids is 2. The van der Waals surface area contributed by atoms with Crippen LogP contribution in [0.15, 0.2) is 21.8 Å². The van der Waals surface area contributed by atoms with Crippen LogP contribution in [0.3, 0.4) is 0 Å². The molecular weight excluding hydrogens is 538 g/mol. The Kier molecular flexibility index (Phi) is 8.21. The molecule has 0 aliphatic heterocycles. The first-order chi connectivity index (χ1) is 18.2. The minimum Gasteiger partial charge on any atom is -0.493 e. The zero-order valence-corrected chi connectivity index (χ0v) is 22.9. The molecule has 1 aliphatic carbocycles. The van der Waals surface area contributed by atoms with Crippen molar-refractivity contribution in [2.45, 2.75) is 37.3 Å². The lowest BCUT2D eigenvalue weighted by atomic mass is 10.1. The highest BCUT2D eigenvalue weighted by Gasteiger charge is 2.30. The van der Waals surface area contributed by atoms with Crippen molar-refractivity contribution in [3.05, 3.63) is 28.1 Å². The summed E-state index contributed by atoms with van der Waals surface area (Å²) in [4.78, 5) is 26.3. The maximum atomic E-state index is 12.9. The van der Waals surface area contributed by atoms with Crippen LogP contribution in [-0.4, -0.2) is 64.7 Å². The highest BCUT2D eigenvalue weighted by atomic mass is 32.2. The maximum Gasteiger partial charge on any atom is 0.341 e. The molecule has 0 saturated carbocycles. The van der Waals surface area contributed by atoms with E-state index in [1.165, 1.54) is 51.9 Å². The largest absolute Gasteiger partial charge is 0.493 e. The van der Waals surface area contributed by atoms with E-state index in [-0.39, 0.29) is 16.5 Å². The average Bonchev–Trinajstić information content (AvgIpc) is 3.46. The number of aromatic nitrogens is 2. The molecule has 1 amide bonds. The molecule has 0 bridgehead atoms. The first-order valence-corrected chi connectivity index (χ1v) is 14.1. The lowest BCUT2D eigenvalue weighted by molar-refractivity contribution is -0.113. The molecule has 0 saturated heterocycles. The molecule has 0 spiro atoms. The van der Waals surface area contributed by atoms with Crippen LogP contribution in [0.25, 0.3) is 11.5 Å². The van der Waals surface area contributed by atoms with Crippen molar-refractivity contribution >= 4 is 38.1 Å². The zero-order valence-electron chi connectivity index (χ0n) is 21.3. The van der Waals surface area contributed by atoms with E-state index >= 15 is 0 Å². The maximum absolute atomic E-state index is 12.9. The van der Waals surface area contributed by atoms with Crippen LogP contribution in [0.4, 0.5) is 5.00 Å². The fourth-order valence-electron chi connectivity index (χ4n) is 4.20. The van der Waals surface area contributed by atoms with Crippen LogP contribution in [0.2, 0.25) is 0 Å². The number of aryl methyl sites for hydroxylation is 1. The number of hydrogen-bond acceptors (Lipinski definition) is 12. The van der Waals surface area contributed by atoms with Gasteiger partial charge in [0.25, 0.3) is 0 Å². The third kappa shape index (κ3) is 5.45. The monoisotopic (exact) mass is 565 g/mol. The summed E-state index contributed by atoms with van der Waals surface area (Å²) < 4.78 is 52.1. The fraction of sp³-hybridized carbons (Fsp3) is 0.417. The van der Waals surface area contributed by atoms with E-state index in [9.17, 15) is 18.0 Å². The molecule has 2 heterocycles. The first-order valence-electron chi connectivity index (χ1n) is 11.6. The number of esters is 1. The van der Waals surface area contributed by atoms with Crippen LogP contribution >= 0.6 is 11.3 Å². The highest BCUT2D eigenvalue weighted by Crippen LogP contribution is 2.41. The number of sulfone groups is 1. The summed E-state index contributed by atoms with van der Waals surface area (Å²) in [6, 6.07) is 3.04. The van der Waals surface area contributed by atoms with Gasteiger partial charge in [0.1, 0.15) is 10.8 Å². The zero-order chi connectivity index (χ0) is 27.4. The molecule has 0 atom stereocenters. The summed E-state index contributed by atoms with van der Waals surface area (Å²) in [7, 11) is 1.27. The van der Waals surface area contributed by atoms with Crippen molar-refractivity contribution in [1.82, 2.24) is 10.2 Å². The first kappa shape index (κ1) is 27.4. The normalized spacial score (nSPS) is 13.3. The molecular formula is C24H27N3O9S2. The number of nitrogens with one attached hydrogen (secondary N) is 1. The van der Waals surface area contributed by atoms with E-state index in [1.807, 2.05) is 0 Å². The number of ether oxygens (including phenoxy) is 4. The molecule has 1 aromatic carbocycles. The molecule has 14 heteroatoms. The molecule has 3 aromatic rings. The second kappa shape index (κ2) is 11.4. The average molecular weight is 566 g/mol. The van der Waals surface area contributed by atoms with Gasteiger partial charge in [-0.2, -0.15) is 0 Å². The lowest BCUT2D eigenvalue weighted by Crippen LogP contribution is -2.24. The van der Waals surface area contributed by atoms with Gasteiger partial charge in [-0.05, 0) is 43.4 Å². The van der Waals surface area contributed by atoms with E-state index in [2.05, 4.69) is 15.5 Å². The van der Waals surface area contributed by atoms with Crippen molar-refractivity contribution in [2.75, 3.05) is 39.5 Å². The van der Waals surface area contributed by atoms with Crippen molar-refractivity contribution in [3.63, 3.8) is 0 Å². The van der Waals surface area contributed by atoms with E-state index in [1.54, 1.807) is 0 Å². The van der Waals surface area contributed by atoms with Crippen LogP contribution in [0, 0.1) is 0 Å². The standard InChI is InChI=1S/C24H27N3O9S2/c1-32-15-10-13(11-16(33-2)20(15)34-3)21-26-27-24(36-21)38(30,31)12-18(28)25-22-19(23(29)35-4)14-8-6-5-7-9-17(14)37-22/h10-11H,5-9,12H2,1-4H3,(H,25,28). The molecule has 0 fully saturated rings. The predicted molar refractivity (Wildman–Crippen MR) is 137 cm³/mol. The second-order valence-electron chi connectivity index (χ2n) is 8.35. The molecule has 0 radical (unpaired) electrons. The smallest absolute Gasteiger partial charge is 0.341 e. The number of anilines is 1. The van der Waals surface area contributed by atoms with Crippen molar-refractivity contribution in [1.29, 1.82) is 0 Å². The van der Waals surface area contributed by atoms with E-state index in [0.717, 1.165) is 36.1 Å². The van der Waals surface area contributed by atoms with E-state index in [4.69, 9.17) is 23.4 Å². The quantitative estimate of drug-likeness (QED) is 0.300. The molecule has 4 rings (SSSR count). The molecule has 1 aliphatic rings. The topological polar surface area (TPSA) is 156 Å². The van der Waals surface area contributed by atoms with Gasteiger partial charge in [0.15, 0.2) is 11.5 Å². The minimum absolute atomic E-state index is 0.127. The van der Waals surface area contributed by atoms with Gasteiger partial charge in [-0.1, -0.05) is 11.5 Å². The Morgan fingerprint density at radius 2 is 1.68 bits per heavy atom. The van der Waals surface area contributed by atoms with Crippen LogP contribution in [-0.2, 0) is 32.2 Å². The number of thiophene rings is 1. The van der Waals surface area contributed by atoms with Gasteiger partial charge in [0.05, 0.1) is 34.0 Å². The Balaban J connectivity index is 1.56. The number of methoxy groups -OCH3 is 4. The van der Waals surface area contributed by atoms with Gasteiger partial charge < -0.3 is 28.7 Å². The molecule has 204 valence electrons. The van der Waals surface area contributed by atoms with Crippen molar-refractivity contribution < 1.29 is 41.4 Å². The minimum atomic E-state index is -4.31. The highest BCUT2D eigenvalue weighted by molar-refractivity contribution is 7.91. The van der Waals surface area contributed by atoms with E-state index < -0.39 is 32.7 Å². The third-order valence-electron chi connectivity index (χ3n) is 5.97. The van der Waals surface area contributed by atoms with Gasteiger partial charge >= 0.3 is 11.2 Å². The molecule has 38 heavy (non-hydrogen) atoms. The van der Waals surface area contributed by atoms with Gasteiger partial charge in [-0.15, -0.1) is 16.4 Å². The van der Waals surface area contributed by atoms with Crippen LogP contribution < -0.4 is 19.5 Å². The molecule has 1 N–H and O–H groups in total. The Morgan fingerprint density at radius 1 is 1.00 bits per heavy atom. The third-order valence-corrected chi connectivity index (χ3v) is 8.52. The van der Waals surface area contributed by atoms with Crippen molar-refractivity contribution in [2.24, 2.45) is 0 Å². The van der Waals surface area contributed by atoms with Crippen LogP contribution in [0.1, 0.15) is 40.1 Å². The summed E-state index contributed by atoms with van der Waals surface area (Å²) >= 11 is 1.27. The molecule has 2 aromatic heterocycles. The van der Waals surface area contributed by atoms with Gasteiger partial charge in [-0.25, -0.2) is 13.2 Å². The summed E-state index contributed by atoms with van der Waals surface area (Å²) in [5, 5.41) is 9.56. The number of nitrogens with zero attached hydrogens (tertiary/aromatic N) is 2. The van der Waals surface area contributed by atoms with Gasteiger partial charge in [-0.3, -0.25) is 4.79 Å². The molecule has 0 unspecified atom stereocenters. The number of benzene rings is 1. The summed E-state index contributed by atoms with van der Waals surface area (Å²) in [5.74, 6) is -1.57. The predicted octanol–water partition coefficient (Wildman–Crippen LogP) is 3.29. The number of amides is 1. The summed E-state index contributed by atoms with van der Waals surface area (Å²) in [6.07, 6.45) is 4.41. The number of carbonyl (C=O) groups is 2. The number of hydrogen-bond donors (Lipinski definition) is 1. The SMILES string of the molecule is COC(=O)c1c(NC(=O)CS(=O)(=O)c2nnc(-c3cc(OC)c(OC)c(OC)c3)o2)sc2c1CCCCC2. The Morgan fingerprint density at radius 3 is 2.32 bits per heavy atom. The second-order valence-corrected chi connectivity index (χ2v) is 11.3. The Hall–Kier alpha value is -3.65. The summed E-state index contributed by atoms with van der Waals surface area (Å²) in [5.41, 5.74) is 1.45. The van der Waals surface area contributed by atoms with Gasteiger partial charge in [0.2, 0.25) is 27.4 Å². The summed E-state index contributed by atoms with van der Waals surface area (Å²) in [6.45, 7) is 0. The number of rotatable bonds is 9. The Bertz CT molecular complexity index is 1440. The van der Waals surface area contributed by atoms with Gasteiger partial charge in [0, 0.05) is 10.4 Å². The fourth-order valence-corrected chi connectivity index (χ4v) is 6.41. The van der Waals surface area contributed by atoms with E-state index in [0.29, 0.717) is 29.2 Å².